The lowest BCUT2D eigenvalue weighted by Crippen LogP contribution is -2.20. The van der Waals surface area contributed by atoms with Crippen molar-refractivity contribution in [3.8, 4) is 0 Å². The van der Waals surface area contributed by atoms with Crippen LogP contribution in [0.3, 0.4) is 0 Å². The highest BCUT2D eigenvalue weighted by molar-refractivity contribution is 7.92. The standard InChI is InChI=1S/C14H23NO4S/c1-12(2)13-4-6-14(7-5-13)15-20(16,17)11-10-19-9-8-18-3/h4-7,12,15H,8-11H2,1-3H3. The van der Waals surface area contributed by atoms with Gasteiger partial charge in [0.1, 0.15) is 0 Å². The molecule has 1 rings (SSSR count). The molecular formula is C14H23NO4S. The Morgan fingerprint density at radius 3 is 2.30 bits per heavy atom. The van der Waals surface area contributed by atoms with E-state index in [4.69, 9.17) is 9.47 Å². The van der Waals surface area contributed by atoms with Crippen molar-refractivity contribution in [2.75, 3.05) is 37.4 Å². The zero-order valence-electron chi connectivity index (χ0n) is 12.3. The lowest BCUT2D eigenvalue weighted by Gasteiger charge is -2.10. The van der Waals surface area contributed by atoms with Crippen LogP contribution in [-0.2, 0) is 19.5 Å². The molecule has 114 valence electrons. The second kappa shape index (κ2) is 8.24. The van der Waals surface area contributed by atoms with E-state index in [0.29, 0.717) is 24.8 Å². The van der Waals surface area contributed by atoms with Crippen LogP contribution in [-0.4, -0.2) is 41.1 Å². The molecule has 0 aliphatic carbocycles. The summed E-state index contributed by atoms with van der Waals surface area (Å²) in [5, 5.41) is 0. The summed E-state index contributed by atoms with van der Waals surface area (Å²) >= 11 is 0. The smallest absolute Gasteiger partial charge is 0.234 e. The Labute approximate surface area is 121 Å². The highest BCUT2D eigenvalue weighted by Crippen LogP contribution is 2.17. The van der Waals surface area contributed by atoms with Gasteiger partial charge in [0, 0.05) is 12.8 Å². The summed E-state index contributed by atoms with van der Waals surface area (Å²) in [6.07, 6.45) is 0. The number of methoxy groups -OCH3 is 1. The molecule has 0 radical (unpaired) electrons. The molecule has 0 heterocycles. The molecule has 0 saturated heterocycles. The van der Waals surface area contributed by atoms with Gasteiger partial charge in [-0.3, -0.25) is 4.72 Å². The van der Waals surface area contributed by atoms with Crippen LogP contribution in [0, 0.1) is 0 Å². The van der Waals surface area contributed by atoms with Gasteiger partial charge in [-0.1, -0.05) is 26.0 Å². The third kappa shape index (κ3) is 6.36. The van der Waals surface area contributed by atoms with Gasteiger partial charge in [0.25, 0.3) is 0 Å². The summed E-state index contributed by atoms with van der Waals surface area (Å²) in [5.74, 6) is 0.359. The van der Waals surface area contributed by atoms with Gasteiger partial charge in [0.05, 0.1) is 25.6 Å². The van der Waals surface area contributed by atoms with Gasteiger partial charge in [-0.05, 0) is 23.6 Å². The molecule has 1 aromatic carbocycles. The molecule has 0 spiro atoms. The Bertz CT molecular complexity index is 482. The summed E-state index contributed by atoms with van der Waals surface area (Å²) in [6, 6.07) is 7.41. The average Bonchev–Trinajstić information content (AvgIpc) is 2.38. The Hall–Kier alpha value is -1.11. The van der Waals surface area contributed by atoms with E-state index in [2.05, 4.69) is 18.6 Å². The van der Waals surface area contributed by atoms with Crippen LogP contribution in [0.15, 0.2) is 24.3 Å². The number of rotatable bonds is 9. The number of nitrogens with one attached hydrogen (secondary N) is 1. The van der Waals surface area contributed by atoms with Gasteiger partial charge in [-0.25, -0.2) is 8.42 Å². The van der Waals surface area contributed by atoms with Crippen LogP contribution in [0.4, 0.5) is 5.69 Å². The molecule has 1 N–H and O–H groups in total. The van der Waals surface area contributed by atoms with Crippen LogP contribution in [0.1, 0.15) is 25.3 Å². The number of hydrogen-bond acceptors (Lipinski definition) is 4. The van der Waals surface area contributed by atoms with Crippen molar-refractivity contribution in [2.24, 2.45) is 0 Å². The van der Waals surface area contributed by atoms with Gasteiger partial charge >= 0.3 is 0 Å². The molecule has 0 aliphatic heterocycles. The van der Waals surface area contributed by atoms with Crippen LogP contribution in [0.5, 0.6) is 0 Å². The van der Waals surface area contributed by atoms with E-state index in [9.17, 15) is 8.42 Å². The fourth-order valence-electron chi connectivity index (χ4n) is 1.58. The van der Waals surface area contributed by atoms with Crippen molar-refractivity contribution in [3.05, 3.63) is 29.8 Å². The van der Waals surface area contributed by atoms with E-state index in [1.54, 1.807) is 19.2 Å². The Kier molecular flexibility index (Phi) is 6.98. The lowest BCUT2D eigenvalue weighted by molar-refractivity contribution is 0.0785. The second-order valence-electron chi connectivity index (χ2n) is 4.80. The minimum absolute atomic E-state index is 0.0668. The minimum atomic E-state index is -3.37. The van der Waals surface area contributed by atoms with Gasteiger partial charge in [0.2, 0.25) is 10.0 Å². The normalized spacial score (nSPS) is 11.8. The molecule has 0 aromatic heterocycles. The van der Waals surface area contributed by atoms with Crippen molar-refractivity contribution in [1.29, 1.82) is 0 Å². The monoisotopic (exact) mass is 301 g/mol. The summed E-state index contributed by atoms with van der Waals surface area (Å²) in [6.45, 7) is 5.20. The molecule has 0 unspecified atom stereocenters. The fraction of sp³-hybridized carbons (Fsp3) is 0.571. The first-order valence-electron chi connectivity index (χ1n) is 6.62. The van der Waals surface area contributed by atoms with Crippen LogP contribution >= 0.6 is 0 Å². The molecule has 0 amide bonds. The first-order chi connectivity index (χ1) is 9.44. The van der Waals surface area contributed by atoms with Crippen LogP contribution in [0.25, 0.3) is 0 Å². The van der Waals surface area contributed by atoms with Crippen molar-refractivity contribution in [3.63, 3.8) is 0 Å². The molecule has 0 aliphatic rings. The van der Waals surface area contributed by atoms with Crippen molar-refractivity contribution >= 4 is 15.7 Å². The summed E-state index contributed by atoms with van der Waals surface area (Å²) in [7, 11) is -1.80. The quantitative estimate of drug-likeness (QED) is 0.710. The maximum Gasteiger partial charge on any atom is 0.234 e. The number of sulfonamides is 1. The van der Waals surface area contributed by atoms with Crippen molar-refractivity contribution in [1.82, 2.24) is 0 Å². The Balaban J connectivity index is 2.45. The molecule has 0 saturated carbocycles. The van der Waals surface area contributed by atoms with Gasteiger partial charge in [0.15, 0.2) is 0 Å². The topological polar surface area (TPSA) is 64.6 Å². The third-order valence-corrected chi connectivity index (χ3v) is 4.03. The first-order valence-corrected chi connectivity index (χ1v) is 8.27. The fourth-order valence-corrected chi connectivity index (χ4v) is 2.51. The number of anilines is 1. The van der Waals surface area contributed by atoms with E-state index in [1.807, 2.05) is 12.1 Å². The number of hydrogen-bond donors (Lipinski definition) is 1. The maximum atomic E-state index is 11.8. The third-order valence-electron chi connectivity index (χ3n) is 2.78. The van der Waals surface area contributed by atoms with Gasteiger partial charge in [-0.2, -0.15) is 0 Å². The molecule has 20 heavy (non-hydrogen) atoms. The second-order valence-corrected chi connectivity index (χ2v) is 6.64. The molecule has 0 bridgehead atoms. The predicted octanol–water partition coefficient (Wildman–Crippen LogP) is 2.21. The molecular weight excluding hydrogens is 278 g/mol. The SMILES string of the molecule is COCCOCCS(=O)(=O)Nc1ccc(C(C)C)cc1. The summed E-state index contributed by atoms with van der Waals surface area (Å²) in [5.41, 5.74) is 1.75. The van der Waals surface area contributed by atoms with E-state index in [0.717, 1.165) is 0 Å². The highest BCUT2D eigenvalue weighted by Gasteiger charge is 2.10. The van der Waals surface area contributed by atoms with E-state index in [1.165, 1.54) is 5.56 Å². The van der Waals surface area contributed by atoms with Crippen LogP contribution in [0.2, 0.25) is 0 Å². The molecule has 0 atom stereocenters. The maximum absolute atomic E-state index is 11.8. The van der Waals surface area contributed by atoms with Gasteiger partial charge < -0.3 is 9.47 Å². The zero-order chi connectivity index (χ0) is 15.0. The van der Waals surface area contributed by atoms with Crippen molar-refractivity contribution < 1.29 is 17.9 Å². The zero-order valence-corrected chi connectivity index (χ0v) is 13.1. The minimum Gasteiger partial charge on any atom is -0.382 e. The molecule has 1 aromatic rings. The number of benzene rings is 1. The Morgan fingerprint density at radius 1 is 1.10 bits per heavy atom. The molecule has 0 fully saturated rings. The largest absolute Gasteiger partial charge is 0.382 e. The summed E-state index contributed by atoms with van der Waals surface area (Å²) < 4.78 is 36.2. The average molecular weight is 301 g/mol. The molecule has 5 nitrogen and oxygen atoms in total. The van der Waals surface area contributed by atoms with E-state index >= 15 is 0 Å². The van der Waals surface area contributed by atoms with Crippen molar-refractivity contribution in [2.45, 2.75) is 19.8 Å². The highest BCUT2D eigenvalue weighted by atomic mass is 32.2. The lowest BCUT2D eigenvalue weighted by atomic mass is 10.0. The van der Waals surface area contributed by atoms with E-state index in [-0.39, 0.29) is 12.4 Å². The number of ether oxygens (including phenoxy) is 2. The predicted molar refractivity (Wildman–Crippen MR) is 80.6 cm³/mol. The van der Waals surface area contributed by atoms with Gasteiger partial charge in [-0.15, -0.1) is 0 Å². The molecule has 6 heteroatoms. The summed E-state index contributed by atoms with van der Waals surface area (Å²) in [4.78, 5) is 0. The first kappa shape index (κ1) is 16.9. The van der Waals surface area contributed by atoms with E-state index < -0.39 is 10.0 Å². The Morgan fingerprint density at radius 2 is 1.75 bits per heavy atom. The van der Waals surface area contributed by atoms with Crippen LogP contribution < -0.4 is 4.72 Å².